The number of aromatic amines is 2. The van der Waals surface area contributed by atoms with E-state index in [-0.39, 0.29) is 43.9 Å². The summed E-state index contributed by atoms with van der Waals surface area (Å²) < 4.78 is 43.8. The molecule has 1 aliphatic carbocycles. The number of carbonyl (C=O) groups excluding carboxylic acids is 2. The third kappa shape index (κ3) is 9.65. The van der Waals surface area contributed by atoms with Crippen LogP contribution in [0.3, 0.4) is 0 Å². The first-order chi connectivity index (χ1) is 23.2. The number of carbonyl (C=O) groups is 2. The molecule has 2 unspecified atom stereocenters. The summed E-state index contributed by atoms with van der Waals surface area (Å²) in [6.45, 7) is 0.124. The van der Waals surface area contributed by atoms with E-state index in [2.05, 4.69) is 51.0 Å². The van der Waals surface area contributed by atoms with Crippen molar-refractivity contribution in [3.8, 4) is 23.0 Å². The van der Waals surface area contributed by atoms with Gasteiger partial charge in [0, 0.05) is 23.3 Å². The summed E-state index contributed by atoms with van der Waals surface area (Å²) in [6, 6.07) is 18.0. The average Bonchev–Trinajstić information content (AvgIpc) is 3.76. The Morgan fingerprint density at radius 1 is 0.854 bits per heavy atom. The van der Waals surface area contributed by atoms with Gasteiger partial charge in [-0.15, -0.1) is 10.2 Å². The topological polar surface area (TPSA) is 176 Å². The maximum Gasteiger partial charge on any atom is 0.391 e. The zero-order valence-electron chi connectivity index (χ0n) is 25.2. The molecular weight excluding hydrogens is 653 g/mol. The number of halogens is 4. The van der Waals surface area contributed by atoms with Crippen LogP contribution in [0.15, 0.2) is 73.1 Å². The highest BCUT2D eigenvalue weighted by atomic mass is 35.5. The van der Waals surface area contributed by atoms with Crippen LogP contribution in [0, 0.1) is 11.8 Å². The molecule has 0 bridgehead atoms. The zero-order chi connectivity index (χ0) is 33.9. The van der Waals surface area contributed by atoms with Gasteiger partial charge in [-0.1, -0.05) is 48.4 Å². The highest BCUT2D eigenvalue weighted by Crippen LogP contribution is 2.40. The Labute approximate surface area is 277 Å². The van der Waals surface area contributed by atoms with Crippen LogP contribution in [0.1, 0.15) is 31.2 Å². The lowest BCUT2D eigenvalue weighted by atomic mass is 9.80. The van der Waals surface area contributed by atoms with Gasteiger partial charge in [-0.2, -0.15) is 23.1 Å². The molecule has 250 valence electrons. The molecule has 13 nitrogen and oxygen atoms in total. The van der Waals surface area contributed by atoms with Gasteiger partial charge in [0.1, 0.15) is 18.0 Å². The van der Waals surface area contributed by atoms with E-state index in [4.69, 9.17) is 16.3 Å². The molecule has 0 saturated heterocycles. The number of nitrogens with zero attached hydrogens (tertiary/aromatic N) is 6. The summed E-state index contributed by atoms with van der Waals surface area (Å²) >= 11 is 6.02. The van der Waals surface area contributed by atoms with Crippen molar-refractivity contribution in [3.05, 3.63) is 83.6 Å². The molecule has 1 aromatic carbocycles. The van der Waals surface area contributed by atoms with Crippen molar-refractivity contribution < 1.29 is 27.5 Å². The van der Waals surface area contributed by atoms with Crippen LogP contribution >= 0.6 is 11.6 Å². The number of nitrogens with one attached hydrogen (secondary N) is 4. The molecule has 2 amide bonds. The van der Waals surface area contributed by atoms with Crippen molar-refractivity contribution in [2.24, 2.45) is 11.8 Å². The highest BCUT2D eigenvalue weighted by Gasteiger charge is 2.43. The van der Waals surface area contributed by atoms with Crippen LogP contribution in [0.5, 0.6) is 0 Å². The maximum absolute atomic E-state index is 12.8. The third-order valence-corrected chi connectivity index (χ3v) is 7.60. The van der Waals surface area contributed by atoms with Gasteiger partial charge in [0.05, 0.1) is 12.5 Å². The smallest absolute Gasteiger partial charge is 0.367 e. The van der Waals surface area contributed by atoms with Gasteiger partial charge in [0.2, 0.25) is 17.8 Å². The monoisotopic (exact) mass is 682 g/mol. The first-order valence-electron chi connectivity index (χ1n) is 14.8. The van der Waals surface area contributed by atoms with Crippen LogP contribution in [-0.2, 0) is 20.9 Å². The molecule has 6 rings (SSSR count). The van der Waals surface area contributed by atoms with Gasteiger partial charge in [-0.25, -0.2) is 0 Å². The fraction of sp³-hybridized carbons (Fsp3) is 0.290. The lowest BCUT2D eigenvalue weighted by Crippen LogP contribution is -2.34. The number of alkyl halides is 3. The molecular formula is C31H30ClF3N10O3. The number of aromatic nitrogens is 8. The van der Waals surface area contributed by atoms with E-state index in [1.54, 1.807) is 48.8 Å². The minimum Gasteiger partial charge on any atom is -0.367 e. The van der Waals surface area contributed by atoms with Gasteiger partial charge in [-0.05, 0) is 55.2 Å². The van der Waals surface area contributed by atoms with E-state index in [0.29, 0.717) is 40.9 Å². The van der Waals surface area contributed by atoms with Crippen molar-refractivity contribution in [2.45, 2.75) is 38.5 Å². The predicted molar refractivity (Wildman–Crippen MR) is 169 cm³/mol. The maximum atomic E-state index is 12.8. The lowest BCUT2D eigenvalue weighted by molar-refractivity contribution is -0.185. The Morgan fingerprint density at radius 3 is 2.04 bits per heavy atom. The predicted octanol–water partition coefficient (Wildman–Crippen LogP) is 5.85. The van der Waals surface area contributed by atoms with Gasteiger partial charge in [0.15, 0.2) is 11.6 Å². The van der Waals surface area contributed by atoms with E-state index < -0.39 is 23.9 Å². The minimum absolute atomic E-state index is 0.0368. The molecule has 1 saturated carbocycles. The standard InChI is InChI=1S/C16H14ClN5O2.C15H16F3N5O/c17-12-6-2-1-5-11(12)9-24-10-14(23)19-16-20-15(21-22-16)13-7-3-4-8-18-13;16-15(17,18)10-5-3-4-9(8-10)13(24)21-14-20-12(22-23-14)11-6-1-2-7-19-11/h1-8H,9-10H2,(H2,19,20,21,22,23);1-2,6-7,9-10H,3-5,8H2,(H2,20,21,22,23,24). The molecule has 48 heavy (non-hydrogen) atoms. The van der Waals surface area contributed by atoms with Crippen molar-refractivity contribution in [1.29, 1.82) is 0 Å². The molecule has 1 aliphatic rings. The van der Waals surface area contributed by atoms with Crippen molar-refractivity contribution >= 4 is 35.3 Å². The van der Waals surface area contributed by atoms with Gasteiger partial charge >= 0.3 is 6.18 Å². The largest absolute Gasteiger partial charge is 0.391 e. The number of anilines is 2. The van der Waals surface area contributed by atoms with Crippen molar-refractivity contribution in [3.63, 3.8) is 0 Å². The highest BCUT2D eigenvalue weighted by molar-refractivity contribution is 6.31. The number of benzene rings is 1. The molecule has 0 aliphatic heterocycles. The Balaban J connectivity index is 0.000000188. The first kappa shape index (κ1) is 34.1. The van der Waals surface area contributed by atoms with E-state index in [0.717, 1.165) is 5.56 Å². The van der Waals surface area contributed by atoms with Gasteiger partial charge in [-0.3, -0.25) is 40.4 Å². The molecule has 0 spiro atoms. The van der Waals surface area contributed by atoms with Crippen LogP contribution < -0.4 is 10.6 Å². The first-order valence-corrected chi connectivity index (χ1v) is 15.2. The molecule has 0 radical (unpaired) electrons. The zero-order valence-corrected chi connectivity index (χ0v) is 26.0. The second-order valence-corrected chi connectivity index (χ2v) is 11.1. The molecule has 4 N–H and O–H groups in total. The number of hydrogen-bond acceptors (Lipinski definition) is 9. The summed E-state index contributed by atoms with van der Waals surface area (Å²) in [7, 11) is 0. The summed E-state index contributed by atoms with van der Waals surface area (Å²) in [5, 5.41) is 18.8. The summed E-state index contributed by atoms with van der Waals surface area (Å²) in [6.07, 6.45) is -0.292. The third-order valence-electron chi connectivity index (χ3n) is 7.23. The second-order valence-electron chi connectivity index (χ2n) is 10.7. The number of amides is 2. The van der Waals surface area contributed by atoms with E-state index in [1.807, 2.05) is 24.3 Å². The van der Waals surface area contributed by atoms with Crippen molar-refractivity contribution in [2.75, 3.05) is 17.2 Å². The molecule has 1 fully saturated rings. The summed E-state index contributed by atoms with van der Waals surface area (Å²) in [4.78, 5) is 40.6. The SMILES string of the molecule is O=C(COCc1ccccc1Cl)Nc1n[nH]c(-c2ccccn2)n1.O=C(Nc1n[nH]c(-c2ccccn2)n1)C1CCCC(C(F)(F)F)C1. The summed E-state index contributed by atoms with van der Waals surface area (Å²) in [5.41, 5.74) is 2.02. The van der Waals surface area contributed by atoms with E-state index in [1.165, 1.54) is 0 Å². The molecule has 17 heteroatoms. The number of ether oxygens (including phenoxy) is 1. The number of hydrogen-bond donors (Lipinski definition) is 4. The molecule has 4 aromatic heterocycles. The second kappa shape index (κ2) is 16.1. The molecule has 5 aromatic rings. The number of rotatable bonds is 9. The lowest BCUT2D eigenvalue weighted by Gasteiger charge is -2.29. The fourth-order valence-electron chi connectivity index (χ4n) is 4.84. The number of H-pyrrole nitrogens is 2. The minimum atomic E-state index is -4.25. The van der Waals surface area contributed by atoms with Crippen LogP contribution in [0.4, 0.5) is 25.1 Å². The van der Waals surface area contributed by atoms with Gasteiger partial charge in [0.25, 0.3) is 5.91 Å². The van der Waals surface area contributed by atoms with Crippen LogP contribution in [-0.4, -0.2) is 64.9 Å². The summed E-state index contributed by atoms with van der Waals surface area (Å²) in [5.74, 6) is -1.87. The number of pyridine rings is 2. The quantitative estimate of drug-likeness (QED) is 0.149. The van der Waals surface area contributed by atoms with Crippen molar-refractivity contribution in [1.82, 2.24) is 40.3 Å². The van der Waals surface area contributed by atoms with Crippen LogP contribution in [0.2, 0.25) is 5.02 Å². The van der Waals surface area contributed by atoms with E-state index >= 15 is 0 Å². The Bertz CT molecular complexity index is 1790. The van der Waals surface area contributed by atoms with E-state index in [9.17, 15) is 22.8 Å². The Hall–Kier alpha value is -5.22. The Morgan fingerprint density at radius 2 is 1.46 bits per heavy atom. The molecule has 2 atom stereocenters. The Kier molecular flexibility index (Phi) is 11.4. The van der Waals surface area contributed by atoms with Crippen LogP contribution in [0.25, 0.3) is 23.0 Å². The average molecular weight is 683 g/mol. The van der Waals surface area contributed by atoms with Gasteiger partial charge < -0.3 is 4.74 Å². The normalized spacial score (nSPS) is 16.0. The fourth-order valence-corrected chi connectivity index (χ4v) is 5.03. The molecule has 4 heterocycles.